The molecule has 0 aliphatic carbocycles. The van der Waals surface area contributed by atoms with Crippen LogP contribution in [-0.2, 0) is 14.4 Å². The van der Waals surface area contributed by atoms with Crippen LogP contribution in [0.3, 0.4) is 0 Å². The predicted octanol–water partition coefficient (Wildman–Crippen LogP) is 1.44. The number of Topliss-reactive ketones (excluding diaryl/α,β-unsaturated/α-hetero) is 1. The maximum absolute atomic E-state index is 12.1. The van der Waals surface area contributed by atoms with Crippen LogP contribution in [0.4, 0.5) is 0 Å². The lowest BCUT2D eigenvalue weighted by Crippen LogP contribution is -2.46. The number of thiol groups is 1. The van der Waals surface area contributed by atoms with Crippen molar-refractivity contribution in [1.29, 1.82) is 0 Å². The molecule has 1 aliphatic rings. The highest BCUT2D eigenvalue weighted by atomic mass is 32.1. The molecule has 1 aliphatic heterocycles. The number of ketones is 1. The number of hydrogen-bond donors (Lipinski definition) is 1. The third-order valence-corrected chi connectivity index (χ3v) is 3.79. The van der Waals surface area contributed by atoms with Gasteiger partial charge in [0.15, 0.2) is 0 Å². The van der Waals surface area contributed by atoms with Crippen LogP contribution in [0.25, 0.3) is 0 Å². The number of likely N-dealkylation sites (tertiary alicyclic amines) is 1. The van der Waals surface area contributed by atoms with Crippen LogP contribution in [-0.4, -0.2) is 34.3 Å². The van der Waals surface area contributed by atoms with Crippen molar-refractivity contribution >= 4 is 29.4 Å². The molecule has 0 N–H and O–H groups in total. The number of carbonyl (C=O) groups excluding carboxylic acids is 3. The third kappa shape index (κ3) is 2.89. The average Bonchev–Trinajstić information content (AvgIpc) is 2.75. The van der Waals surface area contributed by atoms with Crippen LogP contribution in [0, 0.1) is 5.41 Å². The van der Waals surface area contributed by atoms with Gasteiger partial charge in [-0.15, -0.1) is 12.6 Å². The molecule has 1 saturated heterocycles. The number of nitrogens with zero attached hydrogens (tertiary/aromatic N) is 1. The van der Waals surface area contributed by atoms with E-state index in [0.29, 0.717) is 19.4 Å². The molecule has 1 amide bonds. The summed E-state index contributed by atoms with van der Waals surface area (Å²) >= 11 is 3.77. The van der Waals surface area contributed by atoms with Crippen molar-refractivity contribution in [2.24, 2.45) is 5.41 Å². The van der Waals surface area contributed by atoms with E-state index in [1.54, 1.807) is 13.8 Å². The summed E-state index contributed by atoms with van der Waals surface area (Å²) in [5, 5.41) is -0.335. The van der Waals surface area contributed by atoms with Crippen LogP contribution in [0.1, 0.15) is 40.0 Å². The number of carbonyl (C=O) groups is 3. The van der Waals surface area contributed by atoms with Crippen LogP contribution in [0.15, 0.2) is 0 Å². The van der Waals surface area contributed by atoms with Gasteiger partial charge in [-0.3, -0.25) is 14.4 Å². The van der Waals surface area contributed by atoms with Gasteiger partial charge in [0.25, 0.3) is 5.91 Å². The summed E-state index contributed by atoms with van der Waals surface area (Å²) in [5.41, 5.74) is -0.663. The Morgan fingerprint density at radius 3 is 2.41 bits per heavy atom. The first kappa shape index (κ1) is 14.2. The van der Waals surface area contributed by atoms with E-state index in [1.165, 1.54) is 4.90 Å². The van der Waals surface area contributed by atoms with E-state index < -0.39 is 23.1 Å². The Morgan fingerprint density at radius 1 is 1.35 bits per heavy atom. The summed E-state index contributed by atoms with van der Waals surface area (Å²) in [4.78, 5) is 36.7. The predicted molar refractivity (Wildman–Crippen MR) is 67.8 cm³/mol. The molecular formula is C12H19NO3S. The van der Waals surface area contributed by atoms with E-state index in [1.807, 2.05) is 6.92 Å². The second-order valence-corrected chi connectivity index (χ2v) is 5.50. The van der Waals surface area contributed by atoms with E-state index >= 15 is 0 Å². The molecule has 5 heteroatoms. The lowest BCUT2D eigenvalue weighted by molar-refractivity contribution is -0.150. The average molecular weight is 257 g/mol. The quantitative estimate of drug-likeness (QED) is 0.612. The second-order valence-electron chi connectivity index (χ2n) is 5.06. The van der Waals surface area contributed by atoms with Gasteiger partial charge in [0.05, 0.1) is 0 Å². The fraction of sp³-hybridized carbons (Fsp3) is 0.750. The van der Waals surface area contributed by atoms with Crippen molar-refractivity contribution < 1.29 is 14.4 Å². The van der Waals surface area contributed by atoms with E-state index in [-0.39, 0.29) is 5.12 Å². The highest BCUT2D eigenvalue weighted by molar-refractivity contribution is 7.96. The molecule has 4 nitrogen and oxygen atoms in total. The van der Waals surface area contributed by atoms with Gasteiger partial charge in [-0.05, 0) is 19.3 Å². The normalized spacial score (nSPS) is 20.5. The van der Waals surface area contributed by atoms with Gasteiger partial charge >= 0.3 is 0 Å². The molecule has 0 aromatic heterocycles. The van der Waals surface area contributed by atoms with Crippen molar-refractivity contribution in [2.75, 3.05) is 6.54 Å². The monoisotopic (exact) mass is 257 g/mol. The molecule has 0 radical (unpaired) electrons. The first-order valence-electron chi connectivity index (χ1n) is 5.89. The molecule has 1 atom stereocenters. The minimum absolute atomic E-state index is 0.335. The molecule has 0 spiro atoms. The summed E-state index contributed by atoms with van der Waals surface area (Å²) in [6.07, 6.45) is 1.96. The minimum Gasteiger partial charge on any atom is -0.325 e. The fourth-order valence-corrected chi connectivity index (χ4v) is 2.12. The molecule has 96 valence electrons. The number of hydrogen-bond acceptors (Lipinski definition) is 3. The molecular weight excluding hydrogens is 238 g/mol. The number of rotatable bonds is 4. The van der Waals surface area contributed by atoms with Crippen molar-refractivity contribution in [2.45, 2.75) is 46.1 Å². The first-order chi connectivity index (χ1) is 7.81. The molecule has 0 unspecified atom stereocenters. The first-order valence-corrected chi connectivity index (χ1v) is 6.34. The zero-order valence-electron chi connectivity index (χ0n) is 10.5. The van der Waals surface area contributed by atoms with Crippen LogP contribution < -0.4 is 0 Å². The summed E-state index contributed by atoms with van der Waals surface area (Å²) < 4.78 is 0. The molecule has 0 bridgehead atoms. The van der Waals surface area contributed by atoms with Crippen LogP contribution in [0.2, 0.25) is 0 Å². The lowest BCUT2D eigenvalue weighted by atomic mass is 9.84. The summed E-state index contributed by atoms with van der Waals surface area (Å²) in [7, 11) is 0. The SMILES string of the molecule is CCC(C)(C)C(=O)C(=O)N1CCC[C@H]1C(=O)S. The summed E-state index contributed by atoms with van der Waals surface area (Å²) in [5.74, 6) is -0.955. The highest BCUT2D eigenvalue weighted by Crippen LogP contribution is 2.26. The topological polar surface area (TPSA) is 54.5 Å². The largest absolute Gasteiger partial charge is 0.325 e. The Bertz CT molecular complexity index is 352. The lowest BCUT2D eigenvalue weighted by Gasteiger charge is -2.26. The zero-order chi connectivity index (χ0) is 13.2. The molecule has 1 rings (SSSR count). The Labute approximate surface area is 107 Å². The standard InChI is InChI=1S/C12H19NO3S/c1-4-12(2,3)9(14)10(15)13-7-5-6-8(13)11(16)17/h8H,4-7H2,1-3H3,(H,16,17)/t8-/m0/s1. The fourth-order valence-electron chi connectivity index (χ4n) is 1.85. The van der Waals surface area contributed by atoms with Gasteiger partial charge in [0.2, 0.25) is 10.9 Å². The second kappa shape index (κ2) is 5.21. The summed E-state index contributed by atoms with van der Waals surface area (Å²) in [6, 6.07) is -0.526. The van der Waals surface area contributed by atoms with Gasteiger partial charge in [-0.2, -0.15) is 0 Å². The maximum atomic E-state index is 12.1. The zero-order valence-corrected chi connectivity index (χ0v) is 11.4. The Balaban J connectivity index is 2.83. The Kier molecular flexibility index (Phi) is 4.36. The van der Waals surface area contributed by atoms with Crippen molar-refractivity contribution in [3.8, 4) is 0 Å². The summed E-state index contributed by atoms with van der Waals surface area (Å²) in [6.45, 7) is 5.85. The van der Waals surface area contributed by atoms with Gasteiger partial charge in [0.1, 0.15) is 6.04 Å². The third-order valence-electron chi connectivity index (χ3n) is 3.49. The molecule has 0 aromatic rings. The molecule has 1 heterocycles. The minimum atomic E-state index is -0.663. The van der Waals surface area contributed by atoms with E-state index in [4.69, 9.17) is 0 Å². The van der Waals surface area contributed by atoms with E-state index in [0.717, 1.165) is 6.42 Å². The molecule has 0 aromatic carbocycles. The molecule has 0 saturated carbocycles. The highest BCUT2D eigenvalue weighted by Gasteiger charge is 2.40. The smallest absolute Gasteiger partial charge is 0.291 e. The van der Waals surface area contributed by atoms with Crippen molar-refractivity contribution in [3.63, 3.8) is 0 Å². The van der Waals surface area contributed by atoms with Gasteiger partial charge in [-0.1, -0.05) is 20.8 Å². The molecule has 17 heavy (non-hydrogen) atoms. The van der Waals surface area contributed by atoms with Crippen LogP contribution in [0.5, 0.6) is 0 Å². The van der Waals surface area contributed by atoms with Gasteiger partial charge in [0, 0.05) is 12.0 Å². The van der Waals surface area contributed by atoms with Gasteiger partial charge in [-0.25, -0.2) is 0 Å². The van der Waals surface area contributed by atoms with Crippen LogP contribution >= 0.6 is 12.6 Å². The van der Waals surface area contributed by atoms with E-state index in [9.17, 15) is 14.4 Å². The van der Waals surface area contributed by atoms with E-state index in [2.05, 4.69) is 12.6 Å². The number of amides is 1. The Hall–Kier alpha value is -0.840. The Morgan fingerprint density at radius 2 is 1.94 bits per heavy atom. The maximum Gasteiger partial charge on any atom is 0.291 e. The van der Waals surface area contributed by atoms with Gasteiger partial charge < -0.3 is 4.90 Å². The van der Waals surface area contributed by atoms with Crippen molar-refractivity contribution in [1.82, 2.24) is 4.90 Å². The molecule has 1 fully saturated rings. The van der Waals surface area contributed by atoms with Crippen molar-refractivity contribution in [3.05, 3.63) is 0 Å².